The lowest BCUT2D eigenvalue weighted by Crippen LogP contribution is -2.41. The van der Waals surface area contributed by atoms with Gasteiger partial charge < -0.3 is 14.2 Å². The number of carbonyl (C=O) groups excluding carboxylic acids is 1. The van der Waals surface area contributed by atoms with E-state index in [1.807, 2.05) is 27.7 Å². The average molecular weight is 337 g/mol. The number of benzene rings is 1. The van der Waals surface area contributed by atoms with Crippen LogP contribution in [0.15, 0.2) is 12.1 Å². The summed E-state index contributed by atoms with van der Waals surface area (Å²) in [5.74, 6) is -2.69. The molecule has 2 aliphatic rings. The van der Waals surface area contributed by atoms with Crippen molar-refractivity contribution in [2.45, 2.75) is 51.7 Å². The Hall–Kier alpha value is -1.47. The van der Waals surface area contributed by atoms with Gasteiger partial charge in [0.05, 0.1) is 16.8 Å². The van der Waals surface area contributed by atoms with Gasteiger partial charge in [-0.25, -0.2) is 8.78 Å². The highest BCUT2D eigenvalue weighted by Gasteiger charge is 2.52. The number of nitrogens with zero attached hydrogens (tertiary/aromatic N) is 1. The number of amides is 1. The molecule has 130 valence electrons. The lowest BCUT2D eigenvalue weighted by Gasteiger charge is -2.32. The zero-order valence-electron chi connectivity index (χ0n) is 14.5. The number of rotatable bonds is 2. The Balaban J connectivity index is 1.90. The maximum Gasteiger partial charge on any atom is 0.497 e. The van der Waals surface area contributed by atoms with Gasteiger partial charge in [0.15, 0.2) is 11.6 Å². The Bertz CT molecular complexity index is 656. The molecule has 1 aromatic carbocycles. The highest BCUT2D eigenvalue weighted by molar-refractivity contribution is 6.62. The highest BCUT2D eigenvalue weighted by atomic mass is 19.2. The number of hydrogen-bond donors (Lipinski definition) is 0. The fourth-order valence-corrected chi connectivity index (χ4v) is 2.97. The van der Waals surface area contributed by atoms with E-state index in [0.29, 0.717) is 13.1 Å². The summed E-state index contributed by atoms with van der Waals surface area (Å²) in [6, 6.07) is 2.70. The van der Waals surface area contributed by atoms with E-state index in [-0.39, 0.29) is 11.0 Å². The maximum absolute atomic E-state index is 14.6. The van der Waals surface area contributed by atoms with Crippen molar-refractivity contribution in [1.82, 2.24) is 4.90 Å². The Morgan fingerprint density at radius 2 is 1.58 bits per heavy atom. The van der Waals surface area contributed by atoms with E-state index in [1.165, 1.54) is 12.1 Å². The van der Waals surface area contributed by atoms with Crippen molar-refractivity contribution in [1.29, 1.82) is 0 Å². The Morgan fingerprint density at radius 1 is 1.04 bits per heavy atom. The number of hydrogen-bond acceptors (Lipinski definition) is 3. The van der Waals surface area contributed by atoms with Crippen LogP contribution in [0.4, 0.5) is 8.78 Å². The molecule has 7 heteroatoms. The molecule has 0 saturated carbocycles. The van der Waals surface area contributed by atoms with E-state index in [0.717, 1.165) is 12.8 Å². The molecule has 0 N–H and O–H groups in total. The van der Waals surface area contributed by atoms with E-state index in [2.05, 4.69) is 0 Å². The second kappa shape index (κ2) is 5.81. The molecule has 0 spiro atoms. The smallest absolute Gasteiger partial charge is 0.399 e. The predicted molar refractivity (Wildman–Crippen MR) is 87.2 cm³/mol. The summed E-state index contributed by atoms with van der Waals surface area (Å²) in [5, 5.41) is 0. The van der Waals surface area contributed by atoms with Crippen LogP contribution in [0, 0.1) is 11.6 Å². The summed E-state index contributed by atoms with van der Waals surface area (Å²) in [6.45, 7) is 8.52. The Morgan fingerprint density at radius 3 is 2.12 bits per heavy atom. The second-order valence-corrected chi connectivity index (χ2v) is 7.42. The van der Waals surface area contributed by atoms with Gasteiger partial charge in [0.1, 0.15) is 0 Å². The predicted octanol–water partition coefficient (Wildman–Crippen LogP) is 2.50. The first-order chi connectivity index (χ1) is 11.1. The number of likely N-dealkylation sites (tertiary alicyclic amines) is 1. The molecule has 2 saturated heterocycles. The van der Waals surface area contributed by atoms with Crippen LogP contribution < -0.4 is 5.46 Å². The lowest BCUT2D eigenvalue weighted by atomic mass is 9.78. The van der Waals surface area contributed by atoms with Gasteiger partial charge in [-0.3, -0.25) is 4.79 Å². The summed E-state index contributed by atoms with van der Waals surface area (Å²) in [7, 11) is -1.000. The first kappa shape index (κ1) is 17.4. The number of carbonyl (C=O) groups is 1. The molecule has 1 aromatic rings. The molecule has 2 aliphatic heterocycles. The summed E-state index contributed by atoms with van der Waals surface area (Å²) in [5.41, 5.74) is -1.56. The largest absolute Gasteiger partial charge is 0.497 e. The van der Waals surface area contributed by atoms with Crippen LogP contribution in [0.2, 0.25) is 0 Å². The highest BCUT2D eigenvalue weighted by Crippen LogP contribution is 2.36. The van der Waals surface area contributed by atoms with E-state index in [4.69, 9.17) is 9.31 Å². The lowest BCUT2D eigenvalue weighted by molar-refractivity contribution is 0.00578. The Kier molecular flexibility index (Phi) is 4.20. The fraction of sp³-hybridized carbons (Fsp3) is 0.588. The topological polar surface area (TPSA) is 38.8 Å². The normalized spacial score (nSPS) is 22.2. The molecular formula is C17H22BF2NO3. The van der Waals surface area contributed by atoms with E-state index in [1.54, 1.807) is 4.90 Å². The summed E-state index contributed by atoms with van der Waals surface area (Å²) < 4.78 is 40.6. The quantitative estimate of drug-likeness (QED) is 0.779. The van der Waals surface area contributed by atoms with Crippen molar-refractivity contribution in [2.24, 2.45) is 0 Å². The minimum atomic E-state index is -1.14. The molecule has 2 heterocycles. The van der Waals surface area contributed by atoms with Gasteiger partial charge >= 0.3 is 7.12 Å². The minimum Gasteiger partial charge on any atom is -0.399 e. The van der Waals surface area contributed by atoms with Gasteiger partial charge in [0.25, 0.3) is 5.91 Å². The third-order valence-electron chi connectivity index (χ3n) is 5.24. The van der Waals surface area contributed by atoms with Gasteiger partial charge in [-0.1, -0.05) is 6.07 Å². The van der Waals surface area contributed by atoms with Crippen LogP contribution in [0.1, 0.15) is 50.9 Å². The summed E-state index contributed by atoms with van der Waals surface area (Å²) >= 11 is 0. The standard InChI is InChI=1S/C17H22BF2NO3/c1-16(2)17(3,4)24-18(23-16)12-8-7-11(13(19)14(12)20)15(22)21-9-5-6-10-21/h7-8H,5-6,9-10H2,1-4H3. The van der Waals surface area contributed by atoms with Crippen LogP contribution >= 0.6 is 0 Å². The van der Waals surface area contributed by atoms with E-state index in [9.17, 15) is 13.6 Å². The molecule has 2 fully saturated rings. The van der Waals surface area contributed by atoms with Gasteiger partial charge in [-0.05, 0) is 46.6 Å². The monoisotopic (exact) mass is 337 g/mol. The van der Waals surface area contributed by atoms with Crippen LogP contribution in [0.25, 0.3) is 0 Å². The third-order valence-corrected chi connectivity index (χ3v) is 5.24. The third kappa shape index (κ3) is 2.73. The van der Waals surface area contributed by atoms with Crippen molar-refractivity contribution in [3.8, 4) is 0 Å². The van der Waals surface area contributed by atoms with Crippen molar-refractivity contribution in [2.75, 3.05) is 13.1 Å². The van der Waals surface area contributed by atoms with Crippen molar-refractivity contribution in [3.63, 3.8) is 0 Å². The number of halogens is 2. The van der Waals surface area contributed by atoms with Crippen molar-refractivity contribution >= 4 is 18.5 Å². The van der Waals surface area contributed by atoms with Gasteiger partial charge in [-0.2, -0.15) is 0 Å². The minimum absolute atomic E-state index is 0.0240. The zero-order valence-corrected chi connectivity index (χ0v) is 14.5. The first-order valence-corrected chi connectivity index (χ1v) is 8.27. The maximum atomic E-state index is 14.6. The van der Waals surface area contributed by atoms with Gasteiger partial charge in [0, 0.05) is 18.6 Å². The van der Waals surface area contributed by atoms with E-state index < -0.39 is 35.9 Å². The SMILES string of the molecule is CC1(C)OB(c2ccc(C(=O)N3CCCC3)c(F)c2F)OC1(C)C. The summed E-state index contributed by atoms with van der Waals surface area (Å²) in [4.78, 5) is 13.9. The molecule has 0 atom stereocenters. The van der Waals surface area contributed by atoms with Crippen LogP contribution in [-0.2, 0) is 9.31 Å². The molecule has 1 amide bonds. The second-order valence-electron chi connectivity index (χ2n) is 7.42. The first-order valence-electron chi connectivity index (χ1n) is 8.27. The molecule has 0 aliphatic carbocycles. The molecule has 0 aromatic heterocycles. The van der Waals surface area contributed by atoms with Gasteiger partial charge in [0.2, 0.25) is 0 Å². The summed E-state index contributed by atoms with van der Waals surface area (Å²) in [6.07, 6.45) is 1.78. The molecule has 24 heavy (non-hydrogen) atoms. The molecule has 4 nitrogen and oxygen atoms in total. The van der Waals surface area contributed by atoms with Crippen LogP contribution in [0.5, 0.6) is 0 Å². The molecule has 0 bridgehead atoms. The fourth-order valence-electron chi connectivity index (χ4n) is 2.97. The molecular weight excluding hydrogens is 315 g/mol. The average Bonchev–Trinajstić information content (AvgIpc) is 3.08. The van der Waals surface area contributed by atoms with Crippen molar-refractivity contribution in [3.05, 3.63) is 29.3 Å². The van der Waals surface area contributed by atoms with E-state index >= 15 is 0 Å². The Labute approximate surface area is 141 Å². The molecule has 0 unspecified atom stereocenters. The van der Waals surface area contributed by atoms with Crippen molar-refractivity contribution < 1.29 is 22.9 Å². The van der Waals surface area contributed by atoms with Gasteiger partial charge in [-0.15, -0.1) is 0 Å². The van der Waals surface area contributed by atoms with Crippen LogP contribution in [-0.4, -0.2) is 42.2 Å². The van der Waals surface area contributed by atoms with Crippen LogP contribution in [0.3, 0.4) is 0 Å². The molecule has 0 radical (unpaired) electrons. The molecule has 3 rings (SSSR count). The zero-order chi connectivity index (χ0) is 17.7.